The fourth-order valence-electron chi connectivity index (χ4n) is 2.74. The molecular weight excluding hydrogens is 332 g/mol. The van der Waals surface area contributed by atoms with E-state index in [0.717, 1.165) is 5.56 Å². The van der Waals surface area contributed by atoms with Crippen LogP contribution >= 0.6 is 11.6 Å². The van der Waals surface area contributed by atoms with Gasteiger partial charge in [0.1, 0.15) is 6.54 Å². The molecule has 3 N–H and O–H groups in total. The molecule has 1 unspecified atom stereocenters. The maximum Gasteiger partial charge on any atom is 0.276 e. The van der Waals surface area contributed by atoms with Crippen LogP contribution < -0.4 is 11.1 Å². The third kappa shape index (κ3) is 3.55. The van der Waals surface area contributed by atoms with E-state index in [4.69, 9.17) is 17.3 Å². The summed E-state index contributed by atoms with van der Waals surface area (Å²) >= 11 is 6.07. The van der Waals surface area contributed by atoms with E-state index in [1.807, 2.05) is 18.2 Å². The predicted octanol–water partition coefficient (Wildman–Crippen LogP) is 0.203. The van der Waals surface area contributed by atoms with E-state index >= 15 is 0 Å². The lowest BCUT2D eigenvalue weighted by Gasteiger charge is -2.36. The molecular formula is C15H17ClN6O2. The Morgan fingerprint density at radius 3 is 3.00 bits per heavy atom. The number of aromatic nitrogens is 3. The lowest BCUT2D eigenvalue weighted by Crippen LogP contribution is -2.48. The van der Waals surface area contributed by atoms with Crippen molar-refractivity contribution in [3.8, 4) is 0 Å². The van der Waals surface area contributed by atoms with Gasteiger partial charge in [0.05, 0.1) is 12.2 Å². The van der Waals surface area contributed by atoms with Crippen LogP contribution in [0.4, 0.5) is 0 Å². The molecule has 126 valence electrons. The Morgan fingerprint density at radius 2 is 2.25 bits per heavy atom. The Labute approximate surface area is 143 Å². The zero-order valence-corrected chi connectivity index (χ0v) is 13.6. The van der Waals surface area contributed by atoms with Gasteiger partial charge in [0.2, 0.25) is 5.91 Å². The third-order valence-electron chi connectivity index (χ3n) is 3.81. The average Bonchev–Trinajstić information content (AvgIpc) is 3.02. The van der Waals surface area contributed by atoms with E-state index < -0.39 is 5.91 Å². The monoisotopic (exact) mass is 348 g/mol. The molecule has 8 nitrogen and oxygen atoms in total. The van der Waals surface area contributed by atoms with Crippen molar-refractivity contribution in [2.24, 2.45) is 5.73 Å². The van der Waals surface area contributed by atoms with E-state index in [1.54, 1.807) is 11.0 Å². The SMILES string of the molecule is NC(=O)Cn1cc(C(=O)N2CCNCC2c2cccc(Cl)c2)nn1. The van der Waals surface area contributed by atoms with Gasteiger partial charge in [0, 0.05) is 24.7 Å². The number of rotatable bonds is 4. The number of nitrogens with two attached hydrogens (primary N) is 1. The summed E-state index contributed by atoms with van der Waals surface area (Å²) in [6.45, 7) is 1.75. The molecule has 0 bridgehead atoms. The van der Waals surface area contributed by atoms with Crippen LogP contribution in [0.1, 0.15) is 22.1 Å². The van der Waals surface area contributed by atoms with Crippen molar-refractivity contribution in [3.63, 3.8) is 0 Å². The van der Waals surface area contributed by atoms with Crippen molar-refractivity contribution in [1.82, 2.24) is 25.2 Å². The largest absolute Gasteiger partial charge is 0.368 e. The van der Waals surface area contributed by atoms with Gasteiger partial charge in [-0.2, -0.15) is 0 Å². The highest BCUT2D eigenvalue weighted by molar-refractivity contribution is 6.30. The van der Waals surface area contributed by atoms with Crippen LogP contribution in [0.2, 0.25) is 5.02 Å². The van der Waals surface area contributed by atoms with Gasteiger partial charge in [-0.1, -0.05) is 28.9 Å². The molecule has 2 amide bonds. The number of piperazine rings is 1. The second kappa shape index (κ2) is 6.98. The van der Waals surface area contributed by atoms with Crippen molar-refractivity contribution in [2.45, 2.75) is 12.6 Å². The van der Waals surface area contributed by atoms with Gasteiger partial charge in [-0.05, 0) is 17.7 Å². The van der Waals surface area contributed by atoms with Crippen molar-refractivity contribution >= 4 is 23.4 Å². The molecule has 3 rings (SSSR count). The highest BCUT2D eigenvalue weighted by atomic mass is 35.5. The first-order valence-electron chi connectivity index (χ1n) is 7.50. The maximum atomic E-state index is 12.8. The van der Waals surface area contributed by atoms with E-state index in [2.05, 4.69) is 15.6 Å². The number of benzene rings is 1. The van der Waals surface area contributed by atoms with Crippen molar-refractivity contribution in [1.29, 1.82) is 0 Å². The smallest absolute Gasteiger partial charge is 0.276 e. The highest BCUT2D eigenvalue weighted by Gasteiger charge is 2.30. The van der Waals surface area contributed by atoms with Crippen LogP contribution in [0, 0.1) is 0 Å². The summed E-state index contributed by atoms with van der Waals surface area (Å²) in [6, 6.07) is 7.30. The first-order valence-corrected chi connectivity index (χ1v) is 7.88. The molecule has 0 spiro atoms. The van der Waals surface area contributed by atoms with Gasteiger partial charge < -0.3 is 16.0 Å². The number of carbonyl (C=O) groups excluding carboxylic acids is 2. The molecule has 1 aromatic carbocycles. The molecule has 1 fully saturated rings. The normalized spacial score (nSPS) is 17.7. The van der Waals surface area contributed by atoms with E-state index in [-0.39, 0.29) is 24.2 Å². The van der Waals surface area contributed by atoms with Crippen LogP contribution in [0.5, 0.6) is 0 Å². The number of carbonyl (C=O) groups is 2. The summed E-state index contributed by atoms with van der Waals surface area (Å²) in [4.78, 5) is 25.5. The van der Waals surface area contributed by atoms with Crippen LogP contribution in [0.25, 0.3) is 0 Å². The Balaban J connectivity index is 1.83. The summed E-state index contributed by atoms with van der Waals surface area (Å²) in [5.41, 5.74) is 6.26. The number of nitrogens with zero attached hydrogens (tertiary/aromatic N) is 4. The fourth-order valence-corrected chi connectivity index (χ4v) is 2.94. The van der Waals surface area contributed by atoms with Crippen molar-refractivity contribution in [3.05, 3.63) is 46.7 Å². The van der Waals surface area contributed by atoms with Crippen LogP contribution in [-0.2, 0) is 11.3 Å². The van der Waals surface area contributed by atoms with Crippen LogP contribution in [0.15, 0.2) is 30.5 Å². The zero-order valence-electron chi connectivity index (χ0n) is 12.9. The minimum atomic E-state index is -0.544. The van der Waals surface area contributed by atoms with Gasteiger partial charge in [-0.15, -0.1) is 5.10 Å². The standard InChI is InChI=1S/C15H17ClN6O2/c16-11-3-1-2-10(6-11)13-7-18-4-5-22(13)15(24)12-8-21(20-19-12)9-14(17)23/h1-3,6,8,13,18H,4-5,7,9H2,(H2,17,23). The number of amides is 2. The van der Waals surface area contributed by atoms with E-state index in [1.165, 1.54) is 10.9 Å². The topological polar surface area (TPSA) is 106 Å². The van der Waals surface area contributed by atoms with Gasteiger partial charge >= 0.3 is 0 Å². The minimum absolute atomic E-state index is 0.112. The molecule has 1 aliphatic rings. The zero-order chi connectivity index (χ0) is 17.1. The molecule has 1 saturated heterocycles. The highest BCUT2D eigenvalue weighted by Crippen LogP contribution is 2.25. The Hall–Kier alpha value is -2.45. The summed E-state index contributed by atoms with van der Waals surface area (Å²) < 4.78 is 1.26. The van der Waals surface area contributed by atoms with Gasteiger partial charge in [0.25, 0.3) is 5.91 Å². The van der Waals surface area contributed by atoms with Gasteiger partial charge in [-0.25, -0.2) is 4.68 Å². The lowest BCUT2D eigenvalue weighted by atomic mass is 10.0. The first kappa shape index (κ1) is 16.4. The Bertz CT molecular complexity index is 762. The molecule has 0 radical (unpaired) electrons. The summed E-state index contributed by atoms with van der Waals surface area (Å²) in [7, 11) is 0. The molecule has 1 aromatic heterocycles. The van der Waals surface area contributed by atoms with Crippen LogP contribution in [0.3, 0.4) is 0 Å². The molecule has 2 aromatic rings. The summed E-state index contributed by atoms with van der Waals surface area (Å²) in [6.07, 6.45) is 1.43. The quantitative estimate of drug-likeness (QED) is 0.821. The average molecular weight is 349 g/mol. The number of hydrogen-bond acceptors (Lipinski definition) is 5. The van der Waals surface area contributed by atoms with E-state index in [9.17, 15) is 9.59 Å². The third-order valence-corrected chi connectivity index (χ3v) is 4.05. The lowest BCUT2D eigenvalue weighted by molar-refractivity contribution is -0.118. The van der Waals surface area contributed by atoms with Gasteiger partial charge in [0.15, 0.2) is 5.69 Å². The van der Waals surface area contributed by atoms with Gasteiger partial charge in [-0.3, -0.25) is 9.59 Å². The molecule has 1 aliphatic heterocycles. The molecule has 2 heterocycles. The summed E-state index contributed by atoms with van der Waals surface area (Å²) in [5, 5.41) is 11.5. The number of nitrogens with one attached hydrogen (secondary N) is 1. The second-order valence-electron chi connectivity index (χ2n) is 5.54. The predicted molar refractivity (Wildman–Crippen MR) is 87.3 cm³/mol. The maximum absolute atomic E-state index is 12.8. The number of hydrogen-bond donors (Lipinski definition) is 2. The molecule has 9 heteroatoms. The Morgan fingerprint density at radius 1 is 1.42 bits per heavy atom. The number of primary amides is 1. The van der Waals surface area contributed by atoms with Crippen molar-refractivity contribution < 1.29 is 9.59 Å². The molecule has 24 heavy (non-hydrogen) atoms. The molecule has 0 aliphatic carbocycles. The summed E-state index contributed by atoms with van der Waals surface area (Å²) in [5.74, 6) is -0.782. The Kier molecular flexibility index (Phi) is 4.77. The minimum Gasteiger partial charge on any atom is -0.368 e. The molecule has 0 saturated carbocycles. The first-order chi connectivity index (χ1) is 11.5. The fraction of sp³-hybridized carbons (Fsp3) is 0.333. The van der Waals surface area contributed by atoms with Crippen molar-refractivity contribution in [2.75, 3.05) is 19.6 Å². The van der Waals surface area contributed by atoms with Crippen LogP contribution in [-0.4, -0.2) is 51.3 Å². The molecule has 1 atom stereocenters. The second-order valence-corrected chi connectivity index (χ2v) is 5.98. The van der Waals surface area contributed by atoms with E-state index in [0.29, 0.717) is 24.7 Å². The number of halogens is 1.